The van der Waals surface area contributed by atoms with Gasteiger partial charge in [0.1, 0.15) is 25.0 Å². The molecule has 0 unspecified atom stereocenters. The van der Waals surface area contributed by atoms with Gasteiger partial charge in [-0.1, -0.05) is 13.8 Å². The number of methoxy groups -OCH3 is 1. The van der Waals surface area contributed by atoms with Crippen LogP contribution in [0.5, 0.6) is 11.5 Å². The molecule has 3 aromatic rings. The second-order valence-electron chi connectivity index (χ2n) is 9.69. The number of carbonyl (C=O) groups excluding carboxylic acids is 4. The minimum absolute atomic E-state index is 0.0618. The van der Waals surface area contributed by atoms with Gasteiger partial charge in [0.25, 0.3) is 5.91 Å². The highest BCUT2D eigenvalue weighted by molar-refractivity contribution is 7.15. The molecule has 11 nitrogen and oxygen atoms in total. The summed E-state index contributed by atoms with van der Waals surface area (Å²) in [6.45, 7) is 5.74. The number of nitrogens with one attached hydrogen (secondary N) is 2. The summed E-state index contributed by atoms with van der Waals surface area (Å²) >= 11 is 1.07. The number of nitrogens with zero attached hydrogens (tertiary/aromatic N) is 3. The number of hydrogen-bond acceptors (Lipinski definition) is 8. The van der Waals surface area contributed by atoms with Crippen LogP contribution in [0.2, 0.25) is 0 Å². The van der Waals surface area contributed by atoms with E-state index in [-0.39, 0.29) is 37.3 Å². The summed E-state index contributed by atoms with van der Waals surface area (Å²) in [5.74, 6) is 0.112. The normalized spacial score (nSPS) is 16.8. The first-order chi connectivity index (χ1) is 19.2. The van der Waals surface area contributed by atoms with Crippen LogP contribution in [-0.4, -0.2) is 77.3 Å². The molecule has 1 aliphatic heterocycles. The predicted octanol–water partition coefficient (Wildman–Crippen LogP) is 2.61. The van der Waals surface area contributed by atoms with Gasteiger partial charge >= 0.3 is 0 Å². The maximum Gasteiger partial charge on any atom is 0.264 e. The molecule has 3 heterocycles. The number of amides is 3. The molecule has 0 spiro atoms. The average Bonchev–Trinajstić information content (AvgIpc) is 3.60. The molecular formula is C28H33N5O6S. The van der Waals surface area contributed by atoms with Crippen molar-refractivity contribution in [1.82, 2.24) is 25.1 Å². The predicted molar refractivity (Wildman–Crippen MR) is 150 cm³/mol. The van der Waals surface area contributed by atoms with Crippen LogP contribution in [0.4, 0.5) is 0 Å². The summed E-state index contributed by atoms with van der Waals surface area (Å²) in [7, 11) is 1.54. The monoisotopic (exact) mass is 567 g/mol. The van der Waals surface area contributed by atoms with E-state index >= 15 is 0 Å². The van der Waals surface area contributed by atoms with Crippen LogP contribution in [0.25, 0.3) is 11.4 Å². The van der Waals surface area contributed by atoms with Crippen LogP contribution in [0.1, 0.15) is 40.1 Å². The number of hydrogen-bond donors (Lipinski definition) is 2. The standard InChI is InChI=1S/C28H33N5O6S/c1-17(2)25-27(36)30-10-12-32-11-9-29-26(32)19-5-6-20(38-4)21(15-19)39-14-13-33(16-24(35)31-25)28(37)23-8-7-22(40-23)18(3)34/h5-9,11,15,17,25H,10,12-14,16H2,1-4H3,(H,30,36)(H,31,35)/t25-/m1/s1. The van der Waals surface area contributed by atoms with E-state index in [0.717, 1.165) is 16.9 Å². The van der Waals surface area contributed by atoms with Crippen molar-refractivity contribution in [3.8, 4) is 22.9 Å². The molecule has 1 aromatic carbocycles. The Bertz CT molecular complexity index is 1400. The molecule has 2 aromatic heterocycles. The zero-order chi connectivity index (χ0) is 28.8. The van der Waals surface area contributed by atoms with Gasteiger partial charge in [-0.2, -0.15) is 0 Å². The molecule has 2 bridgehead atoms. The number of aromatic nitrogens is 2. The third-order valence-corrected chi connectivity index (χ3v) is 7.63. The molecule has 0 aliphatic carbocycles. The Hall–Kier alpha value is -4.19. The van der Waals surface area contributed by atoms with E-state index in [4.69, 9.17) is 9.47 Å². The second-order valence-corrected chi connectivity index (χ2v) is 10.8. The van der Waals surface area contributed by atoms with Crippen LogP contribution >= 0.6 is 11.3 Å². The third-order valence-electron chi connectivity index (χ3n) is 6.46. The second kappa shape index (κ2) is 12.8. The van der Waals surface area contributed by atoms with Crippen molar-refractivity contribution in [2.45, 2.75) is 33.4 Å². The lowest BCUT2D eigenvalue weighted by atomic mass is 10.0. The summed E-state index contributed by atoms with van der Waals surface area (Å²) in [5, 5.41) is 5.68. The van der Waals surface area contributed by atoms with Gasteiger partial charge in [0.15, 0.2) is 17.3 Å². The molecule has 0 radical (unpaired) electrons. The van der Waals surface area contributed by atoms with E-state index in [2.05, 4.69) is 15.6 Å². The topological polar surface area (TPSA) is 132 Å². The summed E-state index contributed by atoms with van der Waals surface area (Å²) in [4.78, 5) is 58.0. The molecule has 40 heavy (non-hydrogen) atoms. The summed E-state index contributed by atoms with van der Waals surface area (Å²) in [5.41, 5.74) is 0.789. The van der Waals surface area contributed by atoms with E-state index in [1.165, 1.54) is 18.9 Å². The Morgan fingerprint density at radius 2 is 1.93 bits per heavy atom. The minimum Gasteiger partial charge on any atom is -0.493 e. The molecule has 1 atom stereocenters. The van der Waals surface area contributed by atoms with Gasteiger partial charge < -0.3 is 29.6 Å². The minimum atomic E-state index is -0.788. The van der Waals surface area contributed by atoms with Gasteiger partial charge in [0.05, 0.1) is 23.4 Å². The van der Waals surface area contributed by atoms with Crippen LogP contribution in [-0.2, 0) is 16.1 Å². The average molecular weight is 568 g/mol. The number of imidazole rings is 1. The van der Waals surface area contributed by atoms with Gasteiger partial charge in [0, 0.05) is 31.0 Å². The van der Waals surface area contributed by atoms with Crippen molar-refractivity contribution in [2.24, 2.45) is 5.92 Å². The van der Waals surface area contributed by atoms with Gasteiger partial charge in [-0.15, -0.1) is 11.3 Å². The van der Waals surface area contributed by atoms with Gasteiger partial charge in [-0.3, -0.25) is 19.2 Å². The highest BCUT2D eigenvalue weighted by atomic mass is 32.1. The van der Waals surface area contributed by atoms with E-state index in [1.54, 1.807) is 30.5 Å². The lowest BCUT2D eigenvalue weighted by Gasteiger charge is -2.25. The molecule has 0 saturated carbocycles. The maximum absolute atomic E-state index is 13.4. The van der Waals surface area contributed by atoms with Crippen molar-refractivity contribution >= 4 is 34.8 Å². The Kier molecular flexibility index (Phi) is 9.20. The lowest BCUT2D eigenvalue weighted by molar-refractivity contribution is -0.130. The first kappa shape index (κ1) is 28.8. The maximum atomic E-state index is 13.4. The number of carbonyl (C=O) groups is 4. The van der Waals surface area contributed by atoms with Crippen LogP contribution in [0.15, 0.2) is 42.7 Å². The van der Waals surface area contributed by atoms with Crippen molar-refractivity contribution < 1.29 is 28.7 Å². The van der Waals surface area contributed by atoms with Gasteiger partial charge in [-0.05, 0) is 43.2 Å². The Balaban J connectivity index is 1.66. The zero-order valence-corrected chi connectivity index (χ0v) is 23.7. The summed E-state index contributed by atoms with van der Waals surface area (Å²) in [6.07, 6.45) is 3.51. The Labute approximate surface area is 236 Å². The SMILES string of the molecule is COc1ccc2cc1OCCN(C(=O)c1ccc(C(C)=O)s1)CC(=O)N[C@H](C(C)C)C(=O)NCCn1ccnc1-2. The molecule has 0 fully saturated rings. The van der Waals surface area contributed by atoms with E-state index in [1.807, 2.05) is 30.7 Å². The number of Topliss-reactive ketones (excluding diaryl/α,β-unsaturated/α-hetero) is 1. The first-order valence-corrected chi connectivity index (χ1v) is 13.8. The van der Waals surface area contributed by atoms with Crippen LogP contribution < -0.4 is 20.1 Å². The number of ether oxygens (including phenoxy) is 2. The molecule has 2 N–H and O–H groups in total. The van der Waals surface area contributed by atoms with E-state index in [9.17, 15) is 19.2 Å². The molecule has 1 aliphatic rings. The molecule has 3 amide bonds. The van der Waals surface area contributed by atoms with Crippen molar-refractivity contribution in [3.63, 3.8) is 0 Å². The highest BCUT2D eigenvalue weighted by Gasteiger charge is 2.27. The third kappa shape index (κ3) is 6.68. The van der Waals surface area contributed by atoms with Crippen molar-refractivity contribution in [1.29, 1.82) is 0 Å². The zero-order valence-electron chi connectivity index (χ0n) is 22.9. The number of ketones is 1. The molecule has 4 rings (SSSR count). The Morgan fingerprint density at radius 3 is 2.62 bits per heavy atom. The van der Waals surface area contributed by atoms with Gasteiger partial charge in [0.2, 0.25) is 11.8 Å². The molecule has 12 heteroatoms. The number of fused-ring (bicyclic) bond motifs is 4. The lowest BCUT2D eigenvalue weighted by Crippen LogP contribution is -2.53. The molecular weight excluding hydrogens is 534 g/mol. The largest absolute Gasteiger partial charge is 0.493 e. The smallest absolute Gasteiger partial charge is 0.264 e. The quantitative estimate of drug-likeness (QED) is 0.463. The van der Waals surface area contributed by atoms with Gasteiger partial charge in [-0.25, -0.2) is 4.98 Å². The highest BCUT2D eigenvalue weighted by Crippen LogP contribution is 2.32. The van der Waals surface area contributed by atoms with Crippen LogP contribution in [0.3, 0.4) is 0 Å². The van der Waals surface area contributed by atoms with Crippen molar-refractivity contribution in [2.75, 3.05) is 33.4 Å². The first-order valence-electron chi connectivity index (χ1n) is 13.0. The fourth-order valence-corrected chi connectivity index (χ4v) is 5.20. The van der Waals surface area contributed by atoms with E-state index < -0.39 is 17.9 Å². The van der Waals surface area contributed by atoms with Crippen molar-refractivity contribution in [3.05, 3.63) is 52.5 Å². The fourth-order valence-electron chi connectivity index (χ4n) is 4.33. The van der Waals surface area contributed by atoms with Crippen LogP contribution in [0, 0.1) is 5.92 Å². The number of thiophene rings is 1. The van der Waals surface area contributed by atoms with E-state index in [0.29, 0.717) is 40.2 Å². The number of benzene rings is 1. The molecule has 0 saturated heterocycles. The fraction of sp³-hybridized carbons (Fsp3) is 0.393. The Morgan fingerprint density at radius 1 is 1.15 bits per heavy atom. The number of rotatable bonds is 4. The summed E-state index contributed by atoms with van der Waals surface area (Å²) < 4.78 is 13.4. The molecule has 212 valence electrons. The summed E-state index contributed by atoms with van der Waals surface area (Å²) in [6, 6.07) is 7.83.